The molecule has 0 aromatic heterocycles. The molecule has 0 spiro atoms. The molecule has 3 atom stereocenters. The first-order valence-electron chi connectivity index (χ1n) is 7.35. The number of rotatable bonds is 3. The molecule has 2 aliphatic rings. The third-order valence-corrected chi connectivity index (χ3v) is 5.18. The molecule has 1 heterocycles. The molecule has 1 aliphatic heterocycles. The molecule has 0 bridgehead atoms. The highest BCUT2D eigenvalue weighted by molar-refractivity contribution is 6.31. The van der Waals surface area contributed by atoms with Gasteiger partial charge >= 0.3 is 5.97 Å². The van der Waals surface area contributed by atoms with Gasteiger partial charge in [-0.2, -0.15) is 0 Å². The van der Waals surface area contributed by atoms with Gasteiger partial charge in [0, 0.05) is 29.0 Å². The summed E-state index contributed by atoms with van der Waals surface area (Å²) in [5.74, 6) is -2.22. The van der Waals surface area contributed by atoms with Gasteiger partial charge in [0.25, 0.3) is 0 Å². The summed E-state index contributed by atoms with van der Waals surface area (Å²) < 4.78 is 13.9. The van der Waals surface area contributed by atoms with Gasteiger partial charge in [-0.1, -0.05) is 17.7 Å². The summed E-state index contributed by atoms with van der Waals surface area (Å²) >= 11 is 6.04. The lowest BCUT2D eigenvalue weighted by Gasteiger charge is -2.31. The molecular formula is C16H17ClFNO3. The molecule has 118 valence electrons. The molecule has 1 aromatic carbocycles. The minimum absolute atomic E-state index is 0.202. The Morgan fingerprint density at radius 2 is 2.18 bits per heavy atom. The van der Waals surface area contributed by atoms with Crippen LogP contribution in [-0.2, 0) is 9.59 Å². The number of hydrogen-bond donors (Lipinski definition) is 1. The molecule has 1 saturated carbocycles. The Hall–Kier alpha value is -1.62. The lowest BCUT2D eigenvalue weighted by Crippen LogP contribution is -2.51. The van der Waals surface area contributed by atoms with Crippen LogP contribution in [0.5, 0.6) is 0 Å². The van der Waals surface area contributed by atoms with Crippen molar-refractivity contribution in [2.75, 3.05) is 6.54 Å². The number of hydrogen-bond acceptors (Lipinski definition) is 2. The fourth-order valence-corrected chi connectivity index (χ4v) is 3.69. The number of carbonyl (C=O) groups is 2. The van der Waals surface area contributed by atoms with Crippen molar-refractivity contribution in [1.29, 1.82) is 0 Å². The van der Waals surface area contributed by atoms with E-state index in [2.05, 4.69) is 0 Å². The molecule has 6 heteroatoms. The summed E-state index contributed by atoms with van der Waals surface area (Å²) in [5, 5.41) is 9.71. The van der Waals surface area contributed by atoms with Crippen molar-refractivity contribution in [1.82, 2.24) is 4.90 Å². The van der Waals surface area contributed by atoms with Crippen molar-refractivity contribution < 1.29 is 19.1 Å². The minimum atomic E-state index is -1.15. The van der Waals surface area contributed by atoms with Gasteiger partial charge in [-0.3, -0.25) is 4.79 Å². The molecule has 22 heavy (non-hydrogen) atoms. The maximum atomic E-state index is 13.9. The van der Waals surface area contributed by atoms with Crippen molar-refractivity contribution in [3.63, 3.8) is 0 Å². The number of nitrogens with zero attached hydrogens (tertiary/aromatic N) is 1. The van der Waals surface area contributed by atoms with E-state index >= 15 is 0 Å². The van der Waals surface area contributed by atoms with E-state index in [-0.39, 0.29) is 17.7 Å². The van der Waals surface area contributed by atoms with Crippen LogP contribution in [0, 0.1) is 11.7 Å². The van der Waals surface area contributed by atoms with Crippen molar-refractivity contribution >= 4 is 23.5 Å². The summed E-state index contributed by atoms with van der Waals surface area (Å²) in [6.45, 7) is 2.02. The fourth-order valence-electron chi connectivity index (χ4n) is 3.39. The minimum Gasteiger partial charge on any atom is -0.480 e. The summed E-state index contributed by atoms with van der Waals surface area (Å²) in [5.41, 5.74) is -0.776. The first-order chi connectivity index (χ1) is 10.4. The monoisotopic (exact) mass is 325 g/mol. The summed E-state index contributed by atoms with van der Waals surface area (Å²) in [7, 11) is 0. The van der Waals surface area contributed by atoms with E-state index in [9.17, 15) is 19.1 Å². The number of amides is 1. The van der Waals surface area contributed by atoms with E-state index in [4.69, 9.17) is 11.6 Å². The van der Waals surface area contributed by atoms with E-state index in [0.717, 1.165) is 0 Å². The smallest absolute Gasteiger partial charge is 0.329 e. The summed E-state index contributed by atoms with van der Waals surface area (Å²) in [6, 6.07) is 4.47. The average Bonchev–Trinajstić information content (AvgIpc) is 3.12. The number of benzene rings is 1. The second-order valence-corrected chi connectivity index (χ2v) is 6.66. The number of halogens is 2. The molecule has 1 N–H and O–H groups in total. The third kappa shape index (κ3) is 2.28. The lowest BCUT2D eigenvalue weighted by atomic mass is 9.98. The maximum absolute atomic E-state index is 13.9. The Kier molecular flexibility index (Phi) is 3.63. The normalized spacial score (nSPS) is 30.4. The van der Waals surface area contributed by atoms with E-state index in [0.29, 0.717) is 36.4 Å². The quantitative estimate of drug-likeness (QED) is 0.929. The first kappa shape index (κ1) is 15.3. The molecule has 1 saturated heterocycles. The van der Waals surface area contributed by atoms with E-state index < -0.39 is 17.3 Å². The van der Waals surface area contributed by atoms with Crippen molar-refractivity contribution in [2.24, 2.45) is 5.92 Å². The Morgan fingerprint density at radius 3 is 2.82 bits per heavy atom. The second-order valence-electron chi connectivity index (χ2n) is 6.26. The Bertz CT molecular complexity index is 630. The van der Waals surface area contributed by atoms with Gasteiger partial charge in [-0.15, -0.1) is 0 Å². The number of carboxylic acid groups (broad SMARTS) is 1. The Morgan fingerprint density at radius 1 is 1.45 bits per heavy atom. The SMILES string of the molecule is CC1(C(=O)O)CCCN1C(=O)C1CC1c1c(F)cccc1Cl. The van der Waals surface area contributed by atoms with Crippen LogP contribution in [0.15, 0.2) is 18.2 Å². The van der Waals surface area contributed by atoms with Crippen molar-refractivity contribution in [2.45, 2.75) is 37.6 Å². The second kappa shape index (κ2) is 5.23. The first-order valence-corrected chi connectivity index (χ1v) is 7.73. The van der Waals surface area contributed by atoms with Gasteiger partial charge in [0.15, 0.2) is 0 Å². The van der Waals surface area contributed by atoms with Crippen molar-refractivity contribution in [3.05, 3.63) is 34.6 Å². The Balaban J connectivity index is 1.80. The largest absolute Gasteiger partial charge is 0.480 e. The molecule has 0 radical (unpaired) electrons. The molecule has 3 rings (SSSR count). The number of carbonyl (C=O) groups excluding carboxylic acids is 1. The molecule has 3 unspecified atom stereocenters. The summed E-state index contributed by atoms with van der Waals surface area (Å²) in [6.07, 6.45) is 1.64. The van der Waals surface area contributed by atoms with E-state index in [1.54, 1.807) is 13.0 Å². The molecule has 4 nitrogen and oxygen atoms in total. The van der Waals surface area contributed by atoms with Gasteiger partial charge in [0.05, 0.1) is 0 Å². The lowest BCUT2D eigenvalue weighted by molar-refractivity contribution is -0.155. The Labute approximate surface area is 132 Å². The maximum Gasteiger partial charge on any atom is 0.329 e. The van der Waals surface area contributed by atoms with Gasteiger partial charge in [-0.25, -0.2) is 9.18 Å². The zero-order valence-electron chi connectivity index (χ0n) is 12.2. The molecule has 1 aliphatic carbocycles. The average molecular weight is 326 g/mol. The van der Waals surface area contributed by atoms with Crippen molar-refractivity contribution in [3.8, 4) is 0 Å². The van der Waals surface area contributed by atoms with Crippen LogP contribution in [0.1, 0.15) is 37.7 Å². The summed E-state index contributed by atoms with van der Waals surface area (Å²) in [4.78, 5) is 25.5. The highest BCUT2D eigenvalue weighted by Gasteiger charge is 2.53. The van der Waals surface area contributed by atoms with Crippen LogP contribution in [-0.4, -0.2) is 34.0 Å². The van der Waals surface area contributed by atoms with Gasteiger partial charge < -0.3 is 10.0 Å². The predicted octanol–water partition coefficient (Wildman–Crippen LogP) is 3.05. The number of likely N-dealkylation sites (tertiary alicyclic amines) is 1. The third-order valence-electron chi connectivity index (χ3n) is 4.85. The van der Waals surface area contributed by atoms with Crippen LogP contribution in [0.25, 0.3) is 0 Å². The number of aliphatic carboxylic acids is 1. The van der Waals surface area contributed by atoms with E-state index in [1.807, 2.05) is 0 Å². The molecule has 1 aromatic rings. The van der Waals surface area contributed by atoms with Crippen LogP contribution < -0.4 is 0 Å². The predicted molar refractivity (Wildman–Crippen MR) is 79.2 cm³/mol. The van der Waals surface area contributed by atoms with Crippen LogP contribution in [0.3, 0.4) is 0 Å². The highest BCUT2D eigenvalue weighted by Crippen LogP contribution is 2.52. The molecule has 2 fully saturated rings. The van der Waals surface area contributed by atoms with Gasteiger partial charge in [0.2, 0.25) is 5.91 Å². The zero-order chi connectivity index (χ0) is 16.1. The van der Waals surface area contributed by atoms with Crippen LogP contribution >= 0.6 is 11.6 Å². The van der Waals surface area contributed by atoms with Crippen LogP contribution in [0.2, 0.25) is 5.02 Å². The standard InChI is InChI=1S/C16H17ClFNO3/c1-16(15(21)22)6-3-7-19(16)14(20)10-8-9(10)13-11(17)4-2-5-12(13)18/h2,4-5,9-10H,3,6-8H2,1H3,(H,21,22). The fraction of sp³-hybridized carbons (Fsp3) is 0.500. The van der Waals surface area contributed by atoms with E-state index in [1.165, 1.54) is 17.0 Å². The van der Waals surface area contributed by atoms with Gasteiger partial charge in [0.1, 0.15) is 11.4 Å². The zero-order valence-corrected chi connectivity index (χ0v) is 12.9. The number of carboxylic acids is 1. The molecule has 1 amide bonds. The van der Waals surface area contributed by atoms with Gasteiger partial charge in [-0.05, 0) is 38.3 Å². The highest BCUT2D eigenvalue weighted by atomic mass is 35.5. The topological polar surface area (TPSA) is 57.6 Å². The molecular weight excluding hydrogens is 309 g/mol. The van der Waals surface area contributed by atoms with Crippen LogP contribution in [0.4, 0.5) is 4.39 Å².